The van der Waals surface area contributed by atoms with Gasteiger partial charge in [0.1, 0.15) is 0 Å². The Morgan fingerprint density at radius 3 is 2.63 bits per heavy atom. The molecule has 0 radical (unpaired) electrons. The van der Waals surface area contributed by atoms with Crippen LogP contribution in [0.2, 0.25) is 5.15 Å². The predicted octanol–water partition coefficient (Wildman–Crippen LogP) is 5.07. The predicted molar refractivity (Wildman–Crippen MR) is 114 cm³/mol. The van der Waals surface area contributed by atoms with Crippen LogP contribution in [0.1, 0.15) is 30.4 Å². The van der Waals surface area contributed by atoms with E-state index in [0.717, 1.165) is 23.1 Å². The van der Waals surface area contributed by atoms with E-state index < -0.39 is 0 Å². The molecule has 0 aliphatic carbocycles. The molecule has 1 fully saturated rings. The molecule has 2 aromatic carbocycles. The quantitative estimate of drug-likeness (QED) is 0.607. The van der Waals surface area contributed by atoms with E-state index in [1.807, 2.05) is 24.3 Å². The Kier molecular flexibility index (Phi) is 5.46. The van der Waals surface area contributed by atoms with Crippen molar-refractivity contribution in [3.63, 3.8) is 0 Å². The van der Waals surface area contributed by atoms with Gasteiger partial charge in [0.05, 0.1) is 16.9 Å². The van der Waals surface area contributed by atoms with E-state index in [-0.39, 0.29) is 0 Å². The van der Waals surface area contributed by atoms with Gasteiger partial charge in [-0.15, -0.1) is 0 Å². The van der Waals surface area contributed by atoms with E-state index in [4.69, 9.17) is 17.3 Å². The average Bonchev–Trinajstić information content (AvgIpc) is 2.69. The van der Waals surface area contributed by atoms with E-state index in [1.54, 1.807) is 0 Å². The van der Waals surface area contributed by atoms with Gasteiger partial charge in [0, 0.05) is 18.5 Å². The first kappa shape index (κ1) is 18.1. The molecule has 4 rings (SSSR count). The second kappa shape index (κ2) is 8.15. The third-order valence-electron chi connectivity index (χ3n) is 5.20. The lowest BCUT2D eigenvalue weighted by Gasteiger charge is -2.26. The summed E-state index contributed by atoms with van der Waals surface area (Å²) in [5.74, 6) is 0. The van der Waals surface area contributed by atoms with Gasteiger partial charge in [-0.2, -0.15) is 0 Å². The Labute approximate surface area is 165 Å². The van der Waals surface area contributed by atoms with Gasteiger partial charge >= 0.3 is 0 Å². The maximum atomic E-state index is 6.23. The number of halogens is 1. The lowest BCUT2D eigenvalue weighted by molar-refractivity contribution is 0.221. The van der Waals surface area contributed by atoms with E-state index in [0.29, 0.717) is 17.4 Å². The Hall–Kier alpha value is -2.30. The summed E-state index contributed by atoms with van der Waals surface area (Å²) >= 11 is 6.23. The minimum Gasteiger partial charge on any atom is -0.395 e. The molecule has 140 valence electrons. The van der Waals surface area contributed by atoms with Gasteiger partial charge in [-0.25, -0.2) is 4.98 Å². The van der Waals surface area contributed by atoms with Gasteiger partial charge in [0.2, 0.25) is 0 Å². The number of nitrogen functional groups attached to an aromatic ring is 1. The summed E-state index contributed by atoms with van der Waals surface area (Å²) in [5, 5.41) is 4.81. The molecule has 1 aromatic heterocycles. The fourth-order valence-corrected chi connectivity index (χ4v) is 3.98. The number of piperidine rings is 1. The summed E-state index contributed by atoms with van der Waals surface area (Å²) in [6.45, 7) is 4.14. The summed E-state index contributed by atoms with van der Waals surface area (Å²) in [4.78, 5) is 6.91. The van der Waals surface area contributed by atoms with E-state index in [1.165, 1.54) is 43.5 Å². The number of para-hydroxylation sites is 1. The molecule has 1 aliphatic rings. The van der Waals surface area contributed by atoms with Crippen molar-refractivity contribution in [3.8, 4) is 0 Å². The van der Waals surface area contributed by atoms with Crippen LogP contribution in [0.5, 0.6) is 0 Å². The molecule has 27 heavy (non-hydrogen) atoms. The molecule has 0 amide bonds. The van der Waals surface area contributed by atoms with Crippen LogP contribution in [0.15, 0.2) is 48.5 Å². The van der Waals surface area contributed by atoms with Gasteiger partial charge in [-0.3, -0.25) is 4.90 Å². The first-order valence-electron chi connectivity index (χ1n) is 9.58. The monoisotopic (exact) mass is 380 g/mol. The first-order valence-corrected chi connectivity index (χ1v) is 9.96. The van der Waals surface area contributed by atoms with Crippen LogP contribution in [0.4, 0.5) is 11.4 Å². The third kappa shape index (κ3) is 4.18. The molecule has 4 nitrogen and oxygen atoms in total. The molecule has 5 heteroatoms. The summed E-state index contributed by atoms with van der Waals surface area (Å²) in [7, 11) is 0. The summed E-state index contributed by atoms with van der Waals surface area (Å²) in [6, 6.07) is 16.7. The maximum absolute atomic E-state index is 6.23. The topological polar surface area (TPSA) is 54.2 Å². The number of likely N-dealkylation sites (tertiary alicyclic amines) is 1. The molecule has 0 saturated carbocycles. The van der Waals surface area contributed by atoms with Gasteiger partial charge in [-0.05, 0) is 43.1 Å². The molecular weight excluding hydrogens is 356 g/mol. The number of nitrogens with one attached hydrogen (secondary N) is 1. The molecule has 3 N–H and O–H groups in total. The molecule has 0 bridgehead atoms. The number of benzene rings is 2. The molecule has 2 heterocycles. The fraction of sp³-hybridized carbons (Fsp3) is 0.318. The lowest BCUT2D eigenvalue weighted by Crippen LogP contribution is -2.29. The number of rotatable bonds is 5. The number of hydrogen-bond acceptors (Lipinski definition) is 4. The van der Waals surface area contributed by atoms with Crippen molar-refractivity contribution in [2.45, 2.75) is 32.4 Å². The van der Waals surface area contributed by atoms with Crippen LogP contribution >= 0.6 is 11.6 Å². The second-order valence-electron chi connectivity index (χ2n) is 7.22. The van der Waals surface area contributed by atoms with Crippen LogP contribution < -0.4 is 11.1 Å². The van der Waals surface area contributed by atoms with Gasteiger partial charge < -0.3 is 11.1 Å². The minimum atomic E-state index is 0.343. The normalized spacial score (nSPS) is 15.1. The molecular formula is C22H25ClN4. The highest BCUT2D eigenvalue weighted by molar-refractivity contribution is 6.33. The summed E-state index contributed by atoms with van der Waals surface area (Å²) in [5.41, 5.74) is 11.0. The fourth-order valence-electron chi connectivity index (χ4n) is 3.79. The van der Waals surface area contributed by atoms with Crippen LogP contribution in [-0.4, -0.2) is 23.0 Å². The number of anilines is 2. The number of fused-ring (bicyclic) bond motifs is 1. The Bertz CT molecular complexity index is 935. The van der Waals surface area contributed by atoms with Crippen molar-refractivity contribution in [3.05, 3.63) is 64.8 Å². The molecule has 3 aromatic rings. The van der Waals surface area contributed by atoms with Crippen molar-refractivity contribution in [1.29, 1.82) is 0 Å². The Morgan fingerprint density at radius 1 is 1.00 bits per heavy atom. The summed E-state index contributed by atoms with van der Waals surface area (Å²) < 4.78 is 0. The zero-order valence-electron chi connectivity index (χ0n) is 15.4. The number of hydrogen-bond donors (Lipinski definition) is 2. The highest BCUT2D eigenvalue weighted by Crippen LogP contribution is 2.33. The van der Waals surface area contributed by atoms with Crippen LogP contribution in [-0.2, 0) is 13.1 Å². The molecule has 0 unspecified atom stereocenters. The smallest absolute Gasteiger partial charge is 0.154 e. The van der Waals surface area contributed by atoms with Crippen molar-refractivity contribution in [2.24, 2.45) is 0 Å². The Morgan fingerprint density at radius 2 is 1.78 bits per heavy atom. The Balaban J connectivity index is 1.51. The standard InChI is InChI=1S/C22H25ClN4/c23-22-20(24)21(18-9-2-3-10-19(18)26-22)25-14-16-7-6-8-17(13-16)15-27-11-4-1-5-12-27/h2-3,6-10,13H,1,4-5,11-12,14-15,24H2,(H,25,26). The van der Waals surface area contributed by atoms with Crippen LogP contribution in [0, 0.1) is 0 Å². The third-order valence-corrected chi connectivity index (χ3v) is 5.49. The zero-order valence-corrected chi connectivity index (χ0v) is 16.2. The lowest BCUT2D eigenvalue weighted by atomic mass is 10.1. The second-order valence-corrected chi connectivity index (χ2v) is 7.58. The number of pyridine rings is 1. The average molecular weight is 381 g/mol. The van der Waals surface area contributed by atoms with E-state index in [9.17, 15) is 0 Å². The van der Waals surface area contributed by atoms with Crippen LogP contribution in [0.3, 0.4) is 0 Å². The number of nitrogens with two attached hydrogens (primary N) is 1. The minimum absolute atomic E-state index is 0.343. The highest BCUT2D eigenvalue weighted by atomic mass is 35.5. The maximum Gasteiger partial charge on any atom is 0.154 e. The van der Waals surface area contributed by atoms with Gasteiger partial charge in [0.15, 0.2) is 5.15 Å². The number of nitrogens with zero attached hydrogens (tertiary/aromatic N) is 2. The molecule has 0 atom stereocenters. The molecule has 1 saturated heterocycles. The first-order chi connectivity index (χ1) is 13.2. The van der Waals surface area contributed by atoms with Crippen molar-refractivity contribution >= 4 is 33.9 Å². The summed E-state index contributed by atoms with van der Waals surface area (Å²) in [6.07, 6.45) is 4.00. The highest BCUT2D eigenvalue weighted by Gasteiger charge is 2.12. The SMILES string of the molecule is Nc1c(Cl)nc2ccccc2c1NCc1cccc(CN2CCCCC2)c1. The molecule has 0 spiro atoms. The molecule has 1 aliphatic heterocycles. The largest absolute Gasteiger partial charge is 0.395 e. The zero-order chi connectivity index (χ0) is 18.6. The van der Waals surface area contributed by atoms with Crippen molar-refractivity contribution in [1.82, 2.24) is 9.88 Å². The number of aromatic nitrogens is 1. The van der Waals surface area contributed by atoms with Crippen molar-refractivity contribution < 1.29 is 0 Å². The van der Waals surface area contributed by atoms with Gasteiger partial charge in [0.25, 0.3) is 0 Å². The van der Waals surface area contributed by atoms with E-state index >= 15 is 0 Å². The van der Waals surface area contributed by atoms with Gasteiger partial charge in [-0.1, -0.05) is 60.5 Å². The van der Waals surface area contributed by atoms with Crippen molar-refractivity contribution in [2.75, 3.05) is 24.1 Å². The van der Waals surface area contributed by atoms with E-state index in [2.05, 4.69) is 39.5 Å². The van der Waals surface area contributed by atoms with Crippen LogP contribution in [0.25, 0.3) is 10.9 Å².